The van der Waals surface area contributed by atoms with Crippen molar-refractivity contribution >= 4 is 11.0 Å². The number of rotatable bonds is 5. The molecule has 1 N–H and O–H groups in total. The molecular weight excluding hydrogens is 378 g/mol. The Labute approximate surface area is 163 Å². The number of aromatic amines is 1. The first-order valence-corrected chi connectivity index (χ1v) is 8.88. The molecule has 1 aromatic carbocycles. The molecule has 0 amide bonds. The lowest BCUT2D eigenvalue weighted by Gasteiger charge is -2.04. The molecule has 144 valence electrons. The summed E-state index contributed by atoms with van der Waals surface area (Å²) in [5.41, 5.74) is 2.78. The van der Waals surface area contributed by atoms with Crippen LogP contribution in [-0.2, 0) is 13.0 Å². The molecule has 7 nitrogen and oxygen atoms in total. The van der Waals surface area contributed by atoms with Crippen LogP contribution in [0.1, 0.15) is 5.56 Å². The third kappa shape index (κ3) is 3.06. The second-order valence-electron chi connectivity index (χ2n) is 6.52. The number of nitrogens with one attached hydrogen (secondary N) is 1. The van der Waals surface area contributed by atoms with Crippen molar-refractivity contribution < 1.29 is 13.3 Å². The lowest BCUT2D eigenvalue weighted by Crippen LogP contribution is -2.01. The summed E-state index contributed by atoms with van der Waals surface area (Å²) in [6.45, 7) is 0.662. The van der Waals surface area contributed by atoms with E-state index in [-0.39, 0.29) is 5.56 Å². The summed E-state index contributed by atoms with van der Waals surface area (Å²) < 4.78 is 35.2. The third-order valence-corrected chi connectivity index (χ3v) is 4.74. The van der Waals surface area contributed by atoms with Gasteiger partial charge in [0.1, 0.15) is 18.3 Å². The minimum atomic E-state index is -0.941. The minimum Gasteiger partial charge on any atom is -0.356 e. The Morgan fingerprint density at radius 3 is 2.90 bits per heavy atom. The summed E-state index contributed by atoms with van der Waals surface area (Å²) in [7, 11) is 0. The van der Waals surface area contributed by atoms with E-state index < -0.39 is 11.6 Å². The number of benzene rings is 1. The highest BCUT2D eigenvalue weighted by atomic mass is 19.2. The molecule has 0 radical (unpaired) electrons. The predicted octanol–water partition coefficient (Wildman–Crippen LogP) is 4.00. The first-order valence-electron chi connectivity index (χ1n) is 8.88. The molecule has 29 heavy (non-hydrogen) atoms. The van der Waals surface area contributed by atoms with Crippen LogP contribution in [0.4, 0.5) is 8.78 Å². The Bertz CT molecular complexity index is 1290. The van der Waals surface area contributed by atoms with Gasteiger partial charge in [0.2, 0.25) is 0 Å². The van der Waals surface area contributed by atoms with Crippen molar-refractivity contribution in [1.82, 2.24) is 29.9 Å². The number of aromatic nitrogens is 6. The highest BCUT2D eigenvalue weighted by molar-refractivity contribution is 5.96. The van der Waals surface area contributed by atoms with Crippen LogP contribution in [0, 0.1) is 11.6 Å². The Morgan fingerprint density at radius 1 is 1.10 bits per heavy atom. The average Bonchev–Trinajstić information content (AvgIpc) is 3.48. The van der Waals surface area contributed by atoms with Crippen LogP contribution in [-0.4, -0.2) is 29.9 Å². The Balaban J connectivity index is 1.55. The largest absolute Gasteiger partial charge is 0.356 e. The number of H-pyrrole nitrogens is 1. The maximum atomic E-state index is 14.3. The highest BCUT2D eigenvalue weighted by Crippen LogP contribution is 2.37. The normalized spacial score (nSPS) is 11.4. The van der Waals surface area contributed by atoms with Crippen LogP contribution in [0.25, 0.3) is 33.5 Å². The zero-order valence-electron chi connectivity index (χ0n) is 15.0. The van der Waals surface area contributed by atoms with Crippen molar-refractivity contribution in [3.63, 3.8) is 0 Å². The lowest BCUT2D eigenvalue weighted by molar-refractivity contribution is 0.432. The Kier molecular flexibility index (Phi) is 4.12. The quantitative estimate of drug-likeness (QED) is 0.489. The molecule has 5 aromatic rings. The monoisotopic (exact) mass is 392 g/mol. The number of nitrogens with zero attached hydrogens (tertiary/aromatic N) is 5. The molecule has 0 bridgehead atoms. The van der Waals surface area contributed by atoms with Gasteiger partial charge in [0, 0.05) is 35.5 Å². The van der Waals surface area contributed by atoms with Gasteiger partial charge in [-0.2, -0.15) is 5.10 Å². The van der Waals surface area contributed by atoms with E-state index in [1.807, 2.05) is 6.07 Å². The molecule has 4 heterocycles. The zero-order chi connectivity index (χ0) is 19.8. The van der Waals surface area contributed by atoms with Gasteiger partial charge >= 0.3 is 0 Å². The second kappa shape index (κ2) is 6.93. The van der Waals surface area contributed by atoms with Crippen LogP contribution >= 0.6 is 0 Å². The molecule has 0 aliphatic rings. The first kappa shape index (κ1) is 17.2. The number of aryl methyl sites for hydroxylation is 2. The standard InChI is InChI=1S/C20H14F2N6O/c21-17-3-1-2-13(18(17)22)16-9-27-29-19(16)15-8-25-20-14(15)6-12(7-24-20)4-5-28-11-23-10-26-28/h1-3,6-11H,4-5H2,(H,24,25). The van der Waals surface area contributed by atoms with E-state index in [0.29, 0.717) is 35.5 Å². The fourth-order valence-corrected chi connectivity index (χ4v) is 3.30. The van der Waals surface area contributed by atoms with Crippen LogP contribution in [0.5, 0.6) is 0 Å². The molecule has 4 aromatic heterocycles. The van der Waals surface area contributed by atoms with Crippen LogP contribution < -0.4 is 0 Å². The fraction of sp³-hybridized carbons (Fsp3) is 0.100. The summed E-state index contributed by atoms with van der Waals surface area (Å²) >= 11 is 0. The number of hydrogen-bond donors (Lipinski definition) is 1. The number of pyridine rings is 1. The minimum absolute atomic E-state index is 0.0888. The van der Waals surface area contributed by atoms with Crippen molar-refractivity contribution in [2.75, 3.05) is 0 Å². The molecule has 0 aliphatic heterocycles. The van der Waals surface area contributed by atoms with Crippen molar-refractivity contribution in [1.29, 1.82) is 0 Å². The van der Waals surface area contributed by atoms with Crippen LogP contribution in [0.3, 0.4) is 0 Å². The topological polar surface area (TPSA) is 85.4 Å². The van der Waals surface area contributed by atoms with Crippen molar-refractivity contribution in [3.05, 3.63) is 72.7 Å². The summed E-state index contributed by atoms with van der Waals surface area (Å²) in [4.78, 5) is 11.5. The molecule has 0 spiro atoms. The van der Waals surface area contributed by atoms with Gasteiger partial charge in [-0.15, -0.1) is 0 Å². The average molecular weight is 392 g/mol. The molecule has 0 saturated carbocycles. The summed E-state index contributed by atoms with van der Waals surface area (Å²) in [6.07, 6.45) is 8.74. The molecule has 0 aliphatic carbocycles. The van der Waals surface area contributed by atoms with Gasteiger partial charge in [0.05, 0.1) is 11.8 Å². The predicted molar refractivity (Wildman–Crippen MR) is 101 cm³/mol. The van der Waals surface area contributed by atoms with Crippen molar-refractivity contribution in [2.24, 2.45) is 0 Å². The number of fused-ring (bicyclic) bond motifs is 1. The van der Waals surface area contributed by atoms with E-state index in [9.17, 15) is 8.78 Å². The van der Waals surface area contributed by atoms with Crippen LogP contribution in [0.15, 0.2) is 60.0 Å². The number of hydrogen-bond acceptors (Lipinski definition) is 5. The van der Waals surface area contributed by atoms with Gasteiger partial charge in [0.25, 0.3) is 0 Å². The molecular formula is C20H14F2N6O. The van der Waals surface area contributed by atoms with Gasteiger partial charge in [-0.05, 0) is 24.1 Å². The van der Waals surface area contributed by atoms with Crippen molar-refractivity contribution in [2.45, 2.75) is 13.0 Å². The Hall–Kier alpha value is -3.88. The second-order valence-corrected chi connectivity index (χ2v) is 6.52. The molecule has 0 atom stereocenters. The van der Waals surface area contributed by atoms with E-state index in [4.69, 9.17) is 4.52 Å². The molecule has 0 unspecified atom stereocenters. The maximum absolute atomic E-state index is 14.3. The fourth-order valence-electron chi connectivity index (χ4n) is 3.30. The van der Waals surface area contributed by atoms with E-state index in [2.05, 4.69) is 25.2 Å². The molecule has 0 fully saturated rings. The summed E-state index contributed by atoms with van der Waals surface area (Å²) in [6, 6.07) is 6.00. The van der Waals surface area contributed by atoms with Gasteiger partial charge in [-0.25, -0.2) is 18.7 Å². The molecule has 0 saturated heterocycles. The highest BCUT2D eigenvalue weighted by Gasteiger charge is 2.21. The van der Waals surface area contributed by atoms with Gasteiger partial charge in [0.15, 0.2) is 17.4 Å². The van der Waals surface area contributed by atoms with Gasteiger partial charge in [-0.3, -0.25) is 4.68 Å². The van der Waals surface area contributed by atoms with E-state index in [1.54, 1.807) is 23.4 Å². The lowest BCUT2D eigenvalue weighted by atomic mass is 10.0. The van der Waals surface area contributed by atoms with Crippen molar-refractivity contribution in [3.8, 4) is 22.5 Å². The zero-order valence-corrected chi connectivity index (χ0v) is 15.0. The summed E-state index contributed by atoms with van der Waals surface area (Å²) in [5.74, 6) is -1.52. The van der Waals surface area contributed by atoms with E-state index in [1.165, 1.54) is 24.7 Å². The summed E-state index contributed by atoms with van der Waals surface area (Å²) in [5, 5.41) is 8.70. The van der Waals surface area contributed by atoms with Crippen LogP contribution in [0.2, 0.25) is 0 Å². The van der Waals surface area contributed by atoms with Gasteiger partial charge in [-0.1, -0.05) is 17.3 Å². The molecule has 9 heteroatoms. The van der Waals surface area contributed by atoms with E-state index in [0.717, 1.165) is 17.0 Å². The smallest absolute Gasteiger partial charge is 0.176 e. The maximum Gasteiger partial charge on any atom is 0.176 e. The first-order chi connectivity index (χ1) is 14.2. The third-order valence-electron chi connectivity index (χ3n) is 4.74. The number of halogens is 2. The van der Waals surface area contributed by atoms with E-state index >= 15 is 0 Å². The molecule has 5 rings (SSSR count). The van der Waals surface area contributed by atoms with Gasteiger partial charge < -0.3 is 9.51 Å². The Morgan fingerprint density at radius 2 is 2.03 bits per heavy atom. The SMILES string of the molecule is Fc1cccc(-c2cnoc2-c2c[nH]c3ncc(CCn4cncn4)cc23)c1F.